The summed E-state index contributed by atoms with van der Waals surface area (Å²) in [7, 11) is 6.02. The van der Waals surface area contributed by atoms with Crippen LogP contribution in [0.5, 0.6) is 0 Å². The molecule has 0 aliphatic carbocycles. The maximum atomic E-state index is 4.35. The van der Waals surface area contributed by atoms with Crippen LogP contribution < -0.4 is 10.6 Å². The van der Waals surface area contributed by atoms with Gasteiger partial charge in [0.25, 0.3) is 0 Å². The summed E-state index contributed by atoms with van der Waals surface area (Å²) in [6.07, 6.45) is 0. The predicted molar refractivity (Wildman–Crippen MR) is 107 cm³/mol. The van der Waals surface area contributed by atoms with Crippen LogP contribution in [-0.2, 0) is 0 Å². The second kappa shape index (κ2) is 9.84. The molecule has 0 aromatic heterocycles. The van der Waals surface area contributed by atoms with Gasteiger partial charge < -0.3 is 15.5 Å². The lowest BCUT2D eigenvalue weighted by Crippen LogP contribution is -2.42. The van der Waals surface area contributed by atoms with Crippen molar-refractivity contribution in [2.45, 2.75) is 18.9 Å². The van der Waals surface area contributed by atoms with E-state index in [1.165, 1.54) is 11.1 Å². The normalized spacial score (nSPS) is 14.2. The Balaban J connectivity index is 1.89. The van der Waals surface area contributed by atoms with Crippen LogP contribution in [0.4, 0.5) is 0 Å². The minimum Gasteiger partial charge on any atom is -0.356 e. The molecule has 2 unspecified atom stereocenters. The molecule has 2 rings (SSSR count). The lowest BCUT2D eigenvalue weighted by Gasteiger charge is -2.26. The van der Waals surface area contributed by atoms with E-state index in [4.69, 9.17) is 0 Å². The molecule has 2 aromatic carbocycles. The fourth-order valence-electron chi connectivity index (χ4n) is 2.84. The third-order valence-electron chi connectivity index (χ3n) is 4.44. The summed E-state index contributed by atoms with van der Waals surface area (Å²) in [6.45, 7) is 3.88. The van der Waals surface area contributed by atoms with Crippen molar-refractivity contribution in [1.29, 1.82) is 0 Å². The van der Waals surface area contributed by atoms with Gasteiger partial charge in [-0.25, -0.2) is 0 Å². The van der Waals surface area contributed by atoms with Gasteiger partial charge in [-0.05, 0) is 31.1 Å². The minimum atomic E-state index is 0.297. The van der Waals surface area contributed by atoms with Gasteiger partial charge in [0, 0.05) is 20.1 Å². The van der Waals surface area contributed by atoms with Crippen molar-refractivity contribution in [1.82, 2.24) is 15.5 Å². The highest BCUT2D eigenvalue weighted by Gasteiger charge is 2.14. The van der Waals surface area contributed by atoms with Crippen LogP contribution in [0.2, 0.25) is 0 Å². The molecule has 25 heavy (non-hydrogen) atoms. The van der Waals surface area contributed by atoms with Crippen molar-refractivity contribution < 1.29 is 0 Å². The monoisotopic (exact) mass is 338 g/mol. The number of rotatable bonds is 7. The zero-order chi connectivity index (χ0) is 18.1. The fraction of sp³-hybridized carbons (Fsp3) is 0.381. The van der Waals surface area contributed by atoms with Crippen molar-refractivity contribution in [3.8, 4) is 0 Å². The van der Waals surface area contributed by atoms with Gasteiger partial charge in [-0.1, -0.05) is 67.6 Å². The predicted octanol–water partition coefficient (Wildman–Crippen LogP) is 3.26. The molecule has 0 bridgehead atoms. The van der Waals surface area contributed by atoms with E-state index < -0.39 is 0 Å². The van der Waals surface area contributed by atoms with Gasteiger partial charge in [-0.3, -0.25) is 4.99 Å². The van der Waals surface area contributed by atoms with E-state index in [0.29, 0.717) is 12.0 Å². The number of nitrogens with zero attached hydrogens (tertiary/aromatic N) is 2. The largest absolute Gasteiger partial charge is 0.356 e. The summed E-state index contributed by atoms with van der Waals surface area (Å²) < 4.78 is 0. The Hall–Kier alpha value is -2.33. The Morgan fingerprint density at radius 3 is 1.92 bits per heavy atom. The topological polar surface area (TPSA) is 39.7 Å². The van der Waals surface area contributed by atoms with E-state index in [1.807, 2.05) is 7.05 Å². The molecule has 0 aliphatic heterocycles. The third-order valence-corrected chi connectivity index (χ3v) is 4.44. The Morgan fingerprint density at radius 2 is 1.40 bits per heavy atom. The van der Waals surface area contributed by atoms with Gasteiger partial charge in [0.05, 0.1) is 6.04 Å². The molecule has 2 atom stereocenters. The van der Waals surface area contributed by atoms with Gasteiger partial charge >= 0.3 is 0 Å². The first-order valence-corrected chi connectivity index (χ1v) is 8.82. The first kappa shape index (κ1) is 19.0. The molecule has 0 aliphatic rings. The third kappa shape index (κ3) is 5.91. The molecule has 0 fully saturated rings. The lowest BCUT2D eigenvalue weighted by atomic mass is 10.0. The van der Waals surface area contributed by atoms with Crippen LogP contribution in [0, 0.1) is 0 Å². The van der Waals surface area contributed by atoms with E-state index in [0.717, 1.165) is 19.0 Å². The molecule has 0 heterocycles. The number of benzene rings is 2. The molecule has 0 radical (unpaired) electrons. The summed E-state index contributed by atoms with van der Waals surface area (Å²) in [4.78, 5) is 6.58. The van der Waals surface area contributed by atoms with Crippen LogP contribution in [-0.4, -0.2) is 45.1 Å². The van der Waals surface area contributed by atoms with Crippen molar-refractivity contribution in [3.63, 3.8) is 0 Å². The van der Waals surface area contributed by atoms with Gasteiger partial charge in [0.1, 0.15) is 0 Å². The van der Waals surface area contributed by atoms with Crippen molar-refractivity contribution >= 4 is 5.96 Å². The molecular formula is C21H30N4. The molecule has 4 nitrogen and oxygen atoms in total. The first-order chi connectivity index (χ1) is 12.1. The van der Waals surface area contributed by atoms with Crippen LogP contribution in [0.3, 0.4) is 0 Å². The summed E-state index contributed by atoms with van der Waals surface area (Å²) in [5.41, 5.74) is 2.63. The number of hydrogen-bond donors (Lipinski definition) is 2. The molecular weight excluding hydrogens is 308 g/mol. The second-order valence-corrected chi connectivity index (χ2v) is 6.54. The Bertz CT molecular complexity index is 637. The Kier molecular flexibility index (Phi) is 7.48. The summed E-state index contributed by atoms with van der Waals surface area (Å²) in [6, 6.07) is 21.4. The van der Waals surface area contributed by atoms with Crippen LogP contribution in [0.25, 0.3) is 0 Å². The van der Waals surface area contributed by atoms with E-state index in [-0.39, 0.29) is 0 Å². The highest BCUT2D eigenvalue weighted by Crippen LogP contribution is 2.16. The molecule has 0 saturated carbocycles. The number of likely N-dealkylation sites (N-methyl/N-ethyl adjacent to an activating group) is 1. The Labute approximate surface area is 152 Å². The average Bonchev–Trinajstić information content (AvgIpc) is 2.65. The van der Waals surface area contributed by atoms with E-state index in [1.54, 1.807) is 0 Å². The maximum Gasteiger partial charge on any atom is 0.191 e. The van der Waals surface area contributed by atoms with Crippen LogP contribution in [0.15, 0.2) is 65.7 Å². The molecule has 4 heteroatoms. The van der Waals surface area contributed by atoms with Crippen LogP contribution >= 0.6 is 0 Å². The Morgan fingerprint density at radius 1 is 0.880 bits per heavy atom. The number of nitrogens with one attached hydrogen (secondary N) is 2. The quantitative estimate of drug-likeness (QED) is 0.601. The highest BCUT2D eigenvalue weighted by atomic mass is 15.2. The summed E-state index contributed by atoms with van der Waals surface area (Å²) in [5.74, 6) is 1.27. The smallest absolute Gasteiger partial charge is 0.191 e. The van der Waals surface area contributed by atoms with Crippen LogP contribution in [0.1, 0.15) is 30.0 Å². The minimum absolute atomic E-state index is 0.297. The van der Waals surface area contributed by atoms with E-state index in [9.17, 15) is 0 Å². The summed E-state index contributed by atoms with van der Waals surface area (Å²) in [5, 5.41) is 6.89. The van der Waals surface area contributed by atoms with Gasteiger partial charge in [-0.15, -0.1) is 0 Å². The van der Waals surface area contributed by atoms with Gasteiger partial charge in [-0.2, -0.15) is 0 Å². The average molecular weight is 338 g/mol. The maximum absolute atomic E-state index is 4.35. The van der Waals surface area contributed by atoms with Crippen molar-refractivity contribution in [2.75, 3.05) is 34.2 Å². The van der Waals surface area contributed by atoms with Crippen molar-refractivity contribution in [3.05, 3.63) is 71.8 Å². The van der Waals surface area contributed by atoms with Gasteiger partial charge in [0.15, 0.2) is 5.96 Å². The molecule has 134 valence electrons. The number of hydrogen-bond acceptors (Lipinski definition) is 2. The number of guanidine groups is 1. The first-order valence-electron chi connectivity index (χ1n) is 8.82. The van der Waals surface area contributed by atoms with Crippen molar-refractivity contribution in [2.24, 2.45) is 4.99 Å². The molecule has 0 amide bonds. The lowest BCUT2D eigenvalue weighted by molar-refractivity contribution is 0.298. The fourth-order valence-corrected chi connectivity index (χ4v) is 2.84. The molecule has 0 saturated heterocycles. The molecule has 0 spiro atoms. The zero-order valence-corrected chi connectivity index (χ0v) is 15.7. The van der Waals surface area contributed by atoms with Gasteiger partial charge in [0.2, 0.25) is 0 Å². The highest BCUT2D eigenvalue weighted by molar-refractivity contribution is 5.79. The molecule has 2 N–H and O–H groups in total. The molecule has 2 aromatic rings. The van der Waals surface area contributed by atoms with E-state index >= 15 is 0 Å². The second-order valence-electron chi connectivity index (χ2n) is 6.54. The van der Waals surface area contributed by atoms with E-state index in [2.05, 4.69) is 102 Å². The zero-order valence-electron chi connectivity index (χ0n) is 15.7. The SMILES string of the molecule is CN=C(NCC(C)c1ccccc1)NCC(c1ccccc1)N(C)C. The summed E-state index contributed by atoms with van der Waals surface area (Å²) >= 11 is 0. The number of aliphatic imine (C=N–C) groups is 1. The standard InChI is InChI=1S/C21H30N4/c1-17(18-11-7-5-8-12-18)15-23-21(22-2)24-16-20(25(3)4)19-13-9-6-10-14-19/h5-14,17,20H,15-16H2,1-4H3,(H2,22,23,24).